The highest BCUT2D eigenvalue weighted by molar-refractivity contribution is 5.98. The molecular formula is C18H17FN2O2. The second kappa shape index (κ2) is 6.52. The molecule has 1 aromatic heterocycles. The molecule has 1 amide bonds. The number of halogens is 1. The summed E-state index contributed by atoms with van der Waals surface area (Å²) in [5.74, 6) is 0.327. The van der Waals surface area contributed by atoms with Crippen molar-refractivity contribution in [3.05, 3.63) is 65.6 Å². The van der Waals surface area contributed by atoms with Crippen LogP contribution in [-0.2, 0) is 6.42 Å². The van der Waals surface area contributed by atoms with E-state index in [2.05, 4.69) is 10.3 Å². The molecule has 0 radical (unpaired) electrons. The van der Waals surface area contributed by atoms with Gasteiger partial charge >= 0.3 is 0 Å². The van der Waals surface area contributed by atoms with Gasteiger partial charge in [-0.05, 0) is 48.4 Å². The molecule has 2 aromatic carbocycles. The number of H-pyrrole nitrogens is 1. The third-order valence-electron chi connectivity index (χ3n) is 3.69. The number of rotatable bonds is 5. The predicted octanol–water partition coefficient (Wildman–Crippen LogP) is 3.29. The van der Waals surface area contributed by atoms with E-state index in [9.17, 15) is 9.18 Å². The SMILES string of the molecule is COc1ccc2[nH]c(C(=O)NCCc3ccc(F)cc3)cc2c1. The Morgan fingerprint density at radius 1 is 1.17 bits per heavy atom. The number of aromatic amines is 1. The maximum absolute atomic E-state index is 12.8. The maximum atomic E-state index is 12.8. The Balaban J connectivity index is 1.62. The predicted molar refractivity (Wildman–Crippen MR) is 87.3 cm³/mol. The summed E-state index contributed by atoms with van der Waals surface area (Å²) in [6, 6.07) is 13.7. The Bertz CT molecular complexity index is 825. The molecule has 0 saturated heterocycles. The highest BCUT2D eigenvalue weighted by Crippen LogP contribution is 2.21. The molecule has 0 bridgehead atoms. The van der Waals surface area contributed by atoms with Crippen molar-refractivity contribution in [3.8, 4) is 5.75 Å². The van der Waals surface area contributed by atoms with Gasteiger partial charge in [0.15, 0.2) is 0 Å². The number of carbonyl (C=O) groups excluding carboxylic acids is 1. The fraction of sp³-hybridized carbons (Fsp3) is 0.167. The summed E-state index contributed by atoms with van der Waals surface area (Å²) in [7, 11) is 1.61. The quantitative estimate of drug-likeness (QED) is 0.759. The number of nitrogens with one attached hydrogen (secondary N) is 2. The van der Waals surface area contributed by atoms with Gasteiger partial charge in [0.2, 0.25) is 0 Å². The molecule has 0 unspecified atom stereocenters. The lowest BCUT2D eigenvalue weighted by Gasteiger charge is -2.04. The third kappa shape index (κ3) is 3.51. The summed E-state index contributed by atoms with van der Waals surface area (Å²) >= 11 is 0. The minimum absolute atomic E-state index is 0.165. The van der Waals surface area contributed by atoms with Gasteiger partial charge in [-0.25, -0.2) is 4.39 Å². The van der Waals surface area contributed by atoms with Crippen LogP contribution in [0.15, 0.2) is 48.5 Å². The van der Waals surface area contributed by atoms with Gasteiger partial charge in [0, 0.05) is 17.4 Å². The smallest absolute Gasteiger partial charge is 0.267 e. The first-order valence-electron chi connectivity index (χ1n) is 7.35. The minimum Gasteiger partial charge on any atom is -0.497 e. The van der Waals surface area contributed by atoms with Crippen molar-refractivity contribution < 1.29 is 13.9 Å². The topological polar surface area (TPSA) is 54.1 Å². The van der Waals surface area contributed by atoms with E-state index in [4.69, 9.17) is 4.74 Å². The summed E-state index contributed by atoms with van der Waals surface area (Å²) in [5.41, 5.74) is 2.37. The average Bonchev–Trinajstić information content (AvgIpc) is 2.99. The number of hydrogen-bond donors (Lipinski definition) is 2. The van der Waals surface area contributed by atoms with E-state index < -0.39 is 0 Å². The van der Waals surface area contributed by atoms with Crippen molar-refractivity contribution >= 4 is 16.8 Å². The van der Waals surface area contributed by atoms with Crippen LogP contribution in [0.5, 0.6) is 5.75 Å². The molecule has 118 valence electrons. The van der Waals surface area contributed by atoms with E-state index in [1.54, 1.807) is 25.3 Å². The van der Waals surface area contributed by atoms with E-state index in [-0.39, 0.29) is 11.7 Å². The first-order valence-corrected chi connectivity index (χ1v) is 7.35. The van der Waals surface area contributed by atoms with Crippen LogP contribution in [-0.4, -0.2) is 24.5 Å². The van der Waals surface area contributed by atoms with Gasteiger partial charge in [-0.2, -0.15) is 0 Å². The summed E-state index contributed by atoms with van der Waals surface area (Å²) in [6.45, 7) is 0.489. The minimum atomic E-state index is -0.258. The molecule has 1 heterocycles. The molecular weight excluding hydrogens is 295 g/mol. The molecule has 0 aliphatic heterocycles. The Morgan fingerprint density at radius 3 is 2.70 bits per heavy atom. The van der Waals surface area contributed by atoms with E-state index in [0.717, 1.165) is 22.2 Å². The Hall–Kier alpha value is -2.82. The van der Waals surface area contributed by atoms with Gasteiger partial charge in [0.1, 0.15) is 17.3 Å². The van der Waals surface area contributed by atoms with E-state index in [1.165, 1.54) is 12.1 Å². The summed E-state index contributed by atoms with van der Waals surface area (Å²) in [4.78, 5) is 15.3. The number of methoxy groups -OCH3 is 1. The van der Waals surface area contributed by atoms with Crippen LogP contribution < -0.4 is 10.1 Å². The number of fused-ring (bicyclic) bond motifs is 1. The molecule has 0 aliphatic rings. The molecule has 0 atom stereocenters. The van der Waals surface area contributed by atoms with E-state index >= 15 is 0 Å². The van der Waals surface area contributed by atoms with Crippen molar-refractivity contribution in [1.82, 2.24) is 10.3 Å². The number of carbonyl (C=O) groups is 1. The second-order valence-corrected chi connectivity index (χ2v) is 5.27. The van der Waals surface area contributed by atoms with Crippen LogP contribution >= 0.6 is 0 Å². The molecule has 5 heteroatoms. The fourth-order valence-electron chi connectivity index (χ4n) is 2.43. The molecule has 4 nitrogen and oxygen atoms in total. The monoisotopic (exact) mass is 312 g/mol. The van der Waals surface area contributed by atoms with Crippen molar-refractivity contribution in [1.29, 1.82) is 0 Å². The second-order valence-electron chi connectivity index (χ2n) is 5.27. The van der Waals surface area contributed by atoms with Gasteiger partial charge in [-0.3, -0.25) is 4.79 Å². The van der Waals surface area contributed by atoms with Crippen LogP contribution in [0, 0.1) is 5.82 Å². The van der Waals surface area contributed by atoms with Crippen molar-refractivity contribution in [3.63, 3.8) is 0 Å². The van der Waals surface area contributed by atoms with Crippen LogP contribution in [0.4, 0.5) is 4.39 Å². The lowest BCUT2D eigenvalue weighted by Crippen LogP contribution is -2.25. The Kier molecular flexibility index (Phi) is 4.28. The van der Waals surface area contributed by atoms with Gasteiger partial charge in [0.05, 0.1) is 7.11 Å². The Morgan fingerprint density at radius 2 is 1.96 bits per heavy atom. The summed E-state index contributed by atoms with van der Waals surface area (Å²) in [5, 5.41) is 3.78. The van der Waals surface area contributed by atoms with Gasteiger partial charge < -0.3 is 15.0 Å². The zero-order chi connectivity index (χ0) is 16.2. The molecule has 0 saturated carbocycles. The van der Waals surface area contributed by atoms with Crippen molar-refractivity contribution in [2.75, 3.05) is 13.7 Å². The Labute approximate surface area is 133 Å². The standard InChI is InChI=1S/C18H17FN2O2/c1-23-15-6-7-16-13(10-15)11-17(21-16)18(22)20-9-8-12-2-4-14(19)5-3-12/h2-7,10-11,21H,8-9H2,1H3,(H,20,22). The number of aromatic nitrogens is 1. The first-order chi connectivity index (χ1) is 11.2. The summed E-state index contributed by atoms with van der Waals surface area (Å²) in [6.07, 6.45) is 0.653. The van der Waals surface area contributed by atoms with Gasteiger partial charge in [-0.1, -0.05) is 12.1 Å². The number of ether oxygens (including phenoxy) is 1. The number of hydrogen-bond acceptors (Lipinski definition) is 2. The van der Waals surface area contributed by atoms with Crippen molar-refractivity contribution in [2.24, 2.45) is 0 Å². The molecule has 2 N–H and O–H groups in total. The van der Waals surface area contributed by atoms with Gasteiger partial charge in [0.25, 0.3) is 5.91 Å². The van der Waals surface area contributed by atoms with Crippen LogP contribution in [0.25, 0.3) is 10.9 Å². The molecule has 0 fully saturated rings. The molecule has 0 spiro atoms. The molecule has 0 aliphatic carbocycles. The molecule has 3 rings (SSSR count). The highest BCUT2D eigenvalue weighted by atomic mass is 19.1. The fourth-order valence-corrected chi connectivity index (χ4v) is 2.43. The normalized spacial score (nSPS) is 10.7. The highest BCUT2D eigenvalue weighted by Gasteiger charge is 2.09. The first kappa shape index (κ1) is 15.1. The largest absolute Gasteiger partial charge is 0.497 e. The van der Waals surface area contributed by atoms with Gasteiger partial charge in [-0.15, -0.1) is 0 Å². The van der Waals surface area contributed by atoms with E-state index in [1.807, 2.05) is 18.2 Å². The third-order valence-corrected chi connectivity index (χ3v) is 3.69. The van der Waals surface area contributed by atoms with Crippen LogP contribution in [0.1, 0.15) is 16.1 Å². The van der Waals surface area contributed by atoms with Crippen LogP contribution in [0.2, 0.25) is 0 Å². The zero-order valence-corrected chi connectivity index (χ0v) is 12.7. The maximum Gasteiger partial charge on any atom is 0.267 e. The molecule has 3 aromatic rings. The van der Waals surface area contributed by atoms with Crippen molar-refractivity contribution in [2.45, 2.75) is 6.42 Å². The van der Waals surface area contributed by atoms with Crippen LogP contribution in [0.3, 0.4) is 0 Å². The average molecular weight is 312 g/mol. The lowest BCUT2D eigenvalue weighted by atomic mass is 10.1. The number of amides is 1. The lowest BCUT2D eigenvalue weighted by molar-refractivity contribution is 0.0950. The number of benzene rings is 2. The summed E-state index contributed by atoms with van der Waals surface area (Å²) < 4.78 is 18.0. The van der Waals surface area contributed by atoms with E-state index in [0.29, 0.717) is 18.7 Å². The molecule has 23 heavy (non-hydrogen) atoms. The zero-order valence-electron chi connectivity index (χ0n) is 12.7.